The smallest absolute Gasteiger partial charge is 0.230 e. The van der Waals surface area contributed by atoms with Gasteiger partial charge in [0.15, 0.2) is 0 Å². The lowest BCUT2D eigenvalue weighted by Gasteiger charge is -2.19. The van der Waals surface area contributed by atoms with E-state index in [9.17, 15) is 4.79 Å². The zero-order chi connectivity index (χ0) is 15.9. The molecule has 1 fully saturated rings. The van der Waals surface area contributed by atoms with Gasteiger partial charge in [0, 0.05) is 13.1 Å². The molecule has 0 bridgehead atoms. The Bertz CT molecular complexity index is 510. The molecule has 1 saturated heterocycles. The Morgan fingerprint density at radius 2 is 1.95 bits per heavy atom. The van der Waals surface area contributed by atoms with Crippen LogP contribution in [0.3, 0.4) is 0 Å². The molecule has 1 atom stereocenters. The zero-order valence-electron chi connectivity index (χ0n) is 13.3. The number of nitrogens with one attached hydrogen (secondary N) is 1. The first-order valence-electron chi connectivity index (χ1n) is 7.87. The first-order chi connectivity index (χ1) is 10.6. The van der Waals surface area contributed by atoms with Gasteiger partial charge in [-0.3, -0.25) is 4.79 Å². The molecule has 0 aliphatic carbocycles. The largest absolute Gasteiger partial charge is 0.358 e. The molecular weight excluding hydrogens is 312 g/mol. The van der Waals surface area contributed by atoms with Gasteiger partial charge in [-0.05, 0) is 31.7 Å². The Morgan fingerprint density at radius 1 is 1.32 bits per heavy atom. The van der Waals surface area contributed by atoms with Crippen LogP contribution in [0.2, 0.25) is 0 Å². The molecule has 0 unspecified atom stereocenters. The van der Waals surface area contributed by atoms with E-state index in [1.165, 1.54) is 30.2 Å². The Hall–Kier alpha value is -1.07. The van der Waals surface area contributed by atoms with Gasteiger partial charge in [0.1, 0.15) is 4.32 Å². The third kappa shape index (κ3) is 4.99. The van der Waals surface area contributed by atoms with Crippen molar-refractivity contribution in [2.45, 2.75) is 39.2 Å². The highest BCUT2D eigenvalue weighted by Crippen LogP contribution is 2.19. The van der Waals surface area contributed by atoms with Crippen molar-refractivity contribution in [3.63, 3.8) is 0 Å². The fraction of sp³-hybridized carbons (Fsp3) is 0.529. The molecule has 0 aromatic heterocycles. The van der Waals surface area contributed by atoms with Crippen LogP contribution in [0.4, 0.5) is 0 Å². The Balaban J connectivity index is 1.81. The van der Waals surface area contributed by atoms with Crippen LogP contribution in [0.15, 0.2) is 24.3 Å². The molecule has 1 N–H and O–H groups in total. The van der Waals surface area contributed by atoms with Crippen molar-refractivity contribution in [3.8, 4) is 0 Å². The summed E-state index contributed by atoms with van der Waals surface area (Å²) in [5, 5.41) is 3.11. The van der Waals surface area contributed by atoms with Crippen LogP contribution in [-0.4, -0.2) is 34.0 Å². The number of rotatable bonds is 5. The van der Waals surface area contributed by atoms with Gasteiger partial charge in [0.2, 0.25) is 5.91 Å². The van der Waals surface area contributed by atoms with Gasteiger partial charge in [0.25, 0.3) is 0 Å². The number of carbonyl (C=O) groups is 1. The second-order valence-corrected chi connectivity index (χ2v) is 7.30. The fourth-order valence-corrected chi connectivity index (χ4v) is 3.64. The number of likely N-dealkylation sites (tertiary alicyclic amines) is 1. The first kappa shape index (κ1) is 17.3. The van der Waals surface area contributed by atoms with Crippen LogP contribution < -0.4 is 5.32 Å². The summed E-state index contributed by atoms with van der Waals surface area (Å²) in [6.07, 6.45) is 3.30. The molecule has 1 amide bonds. The van der Waals surface area contributed by atoms with Crippen LogP contribution in [-0.2, 0) is 4.79 Å². The molecule has 120 valence electrons. The topological polar surface area (TPSA) is 32.3 Å². The summed E-state index contributed by atoms with van der Waals surface area (Å²) in [6.45, 7) is 6.23. The Labute approximate surface area is 142 Å². The van der Waals surface area contributed by atoms with E-state index in [0.717, 1.165) is 29.4 Å². The highest BCUT2D eigenvalue weighted by Gasteiger charge is 2.17. The fourth-order valence-electron chi connectivity index (χ4n) is 2.57. The van der Waals surface area contributed by atoms with E-state index >= 15 is 0 Å². The predicted molar refractivity (Wildman–Crippen MR) is 98.2 cm³/mol. The number of amides is 1. The van der Waals surface area contributed by atoms with Crippen molar-refractivity contribution in [2.75, 3.05) is 18.8 Å². The number of hydrogen-bond donors (Lipinski definition) is 1. The molecule has 1 aliphatic heterocycles. The van der Waals surface area contributed by atoms with E-state index in [1.807, 2.05) is 0 Å². The molecule has 0 spiro atoms. The molecule has 0 radical (unpaired) electrons. The summed E-state index contributed by atoms with van der Waals surface area (Å²) in [5.41, 5.74) is 2.39. The molecule has 5 heteroatoms. The minimum absolute atomic E-state index is 0.0546. The lowest BCUT2D eigenvalue weighted by Crippen LogP contribution is -2.31. The standard InChI is InChI=1S/C17H24N2OS2/c1-3-15(14-8-6-13(2)7-9-14)18-16(20)12-22-17(21)19-10-4-5-11-19/h6-9,15H,3-5,10-12H2,1-2H3,(H,18,20)/t15-/m0/s1. The second kappa shape index (κ2) is 8.53. The number of hydrogen-bond acceptors (Lipinski definition) is 3. The third-order valence-electron chi connectivity index (χ3n) is 3.91. The third-order valence-corrected chi connectivity index (χ3v) is 5.44. The van der Waals surface area contributed by atoms with E-state index in [-0.39, 0.29) is 11.9 Å². The van der Waals surface area contributed by atoms with Gasteiger partial charge < -0.3 is 10.2 Å². The highest BCUT2D eigenvalue weighted by molar-refractivity contribution is 8.23. The summed E-state index contributed by atoms with van der Waals surface area (Å²) in [7, 11) is 0. The normalized spacial score (nSPS) is 15.6. The van der Waals surface area contributed by atoms with Crippen molar-refractivity contribution in [3.05, 3.63) is 35.4 Å². The van der Waals surface area contributed by atoms with Crippen molar-refractivity contribution in [1.29, 1.82) is 0 Å². The van der Waals surface area contributed by atoms with Crippen molar-refractivity contribution in [2.24, 2.45) is 0 Å². The maximum atomic E-state index is 12.2. The van der Waals surface area contributed by atoms with Gasteiger partial charge >= 0.3 is 0 Å². The first-order valence-corrected chi connectivity index (χ1v) is 9.27. The molecule has 2 rings (SSSR count). The van der Waals surface area contributed by atoms with E-state index in [0.29, 0.717) is 5.75 Å². The average Bonchev–Trinajstić information content (AvgIpc) is 3.05. The van der Waals surface area contributed by atoms with Gasteiger partial charge in [-0.1, -0.05) is 60.7 Å². The maximum Gasteiger partial charge on any atom is 0.230 e. The lowest BCUT2D eigenvalue weighted by molar-refractivity contribution is -0.119. The van der Waals surface area contributed by atoms with Crippen LogP contribution in [0, 0.1) is 6.92 Å². The number of thiocarbonyl (C=S) groups is 1. The summed E-state index contributed by atoms with van der Waals surface area (Å²) < 4.78 is 0.857. The Morgan fingerprint density at radius 3 is 2.55 bits per heavy atom. The molecule has 22 heavy (non-hydrogen) atoms. The quantitative estimate of drug-likeness (QED) is 0.832. The second-order valence-electron chi connectivity index (χ2n) is 5.69. The maximum absolute atomic E-state index is 12.2. The number of carbonyl (C=O) groups excluding carboxylic acids is 1. The zero-order valence-corrected chi connectivity index (χ0v) is 14.9. The average molecular weight is 337 g/mol. The number of thioether (sulfide) groups is 1. The van der Waals surface area contributed by atoms with Crippen LogP contribution in [0.1, 0.15) is 43.4 Å². The summed E-state index contributed by atoms with van der Waals surface area (Å²) >= 11 is 6.87. The monoisotopic (exact) mass is 336 g/mol. The predicted octanol–water partition coefficient (Wildman–Crippen LogP) is 3.68. The van der Waals surface area contributed by atoms with E-state index in [1.54, 1.807) is 0 Å². The van der Waals surface area contributed by atoms with Crippen molar-refractivity contribution < 1.29 is 4.79 Å². The van der Waals surface area contributed by atoms with E-state index < -0.39 is 0 Å². The van der Waals surface area contributed by atoms with E-state index in [4.69, 9.17) is 12.2 Å². The van der Waals surface area contributed by atoms with Crippen molar-refractivity contribution in [1.82, 2.24) is 10.2 Å². The van der Waals surface area contributed by atoms with Crippen LogP contribution >= 0.6 is 24.0 Å². The molecule has 1 aliphatic rings. The molecule has 1 aromatic carbocycles. The summed E-state index contributed by atoms with van der Waals surface area (Å²) in [4.78, 5) is 14.4. The summed E-state index contributed by atoms with van der Waals surface area (Å²) in [6, 6.07) is 8.43. The number of nitrogens with zero attached hydrogens (tertiary/aromatic N) is 1. The van der Waals surface area contributed by atoms with Gasteiger partial charge in [-0.2, -0.15) is 0 Å². The van der Waals surface area contributed by atoms with Gasteiger partial charge in [-0.25, -0.2) is 0 Å². The van der Waals surface area contributed by atoms with Gasteiger partial charge in [-0.15, -0.1) is 0 Å². The van der Waals surface area contributed by atoms with Crippen molar-refractivity contribution >= 4 is 34.2 Å². The minimum Gasteiger partial charge on any atom is -0.358 e. The molecule has 1 aromatic rings. The minimum atomic E-state index is 0.0546. The lowest BCUT2D eigenvalue weighted by atomic mass is 10.0. The van der Waals surface area contributed by atoms with Gasteiger partial charge in [0.05, 0.1) is 11.8 Å². The number of aryl methyl sites for hydroxylation is 1. The molecule has 3 nitrogen and oxygen atoms in total. The van der Waals surface area contributed by atoms with Crippen LogP contribution in [0.25, 0.3) is 0 Å². The Kier molecular flexibility index (Phi) is 6.70. The molecule has 1 heterocycles. The SMILES string of the molecule is CC[C@H](NC(=O)CSC(=S)N1CCCC1)c1ccc(C)cc1. The highest BCUT2D eigenvalue weighted by atomic mass is 32.2. The molecule has 0 saturated carbocycles. The van der Waals surface area contributed by atoms with Crippen LogP contribution in [0.5, 0.6) is 0 Å². The summed E-state index contributed by atoms with van der Waals surface area (Å²) in [5.74, 6) is 0.455. The van der Waals surface area contributed by atoms with E-state index in [2.05, 4.69) is 48.3 Å². The molecular formula is C17H24N2OS2. The number of benzene rings is 1.